The minimum atomic E-state index is -0.399. The summed E-state index contributed by atoms with van der Waals surface area (Å²) < 4.78 is 24.0. The molecule has 2 aromatic rings. The van der Waals surface area contributed by atoms with Crippen LogP contribution < -0.4 is 19.3 Å². The zero-order valence-electron chi connectivity index (χ0n) is 19.6. The third-order valence-electron chi connectivity index (χ3n) is 7.70. The van der Waals surface area contributed by atoms with Crippen molar-refractivity contribution in [2.75, 3.05) is 55.9 Å². The lowest BCUT2D eigenvalue weighted by atomic mass is 10.00. The third-order valence-corrected chi connectivity index (χ3v) is 7.70. The van der Waals surface area contributed by atoms with E-state index in [9.17, 15) is 14.0 Å². The maximum absolute atomic E-state index is 13.2. The fraction of sp³-hybridized carbons (Fsp3) is 0.462. The van der Waals surface area contributed by atoms with Crippen LogP contribution in [-0.4, -0.2) is 79.8 Å². The fourth-order valence-corrected chi connectivity index (χ4v) is 5.76. The molecule has 0 aliphatic carbocycles. The van der Waals surface area contributed by atoms with Gasteiger partial charge in [-0.05, 0) is 49.2 Å². The summed E-state index contributed by atoms with van der Waals surface area (Å²) in [5.74, 6) is 0.663. The molecule has 6 rings (SSSR count). The van der Waals surface area contributed by atoms with Crippen LogP contribution in [0.3, 0.4) is 0 Å². The average Bonchev–Trinajstić information content (AvgIpc) is 3.48. The molecular weight excluding hydrogens is 451 g/mol. The van der Waals surface area contributed by atoms with E-state index < -0.39 is 6.04 Å². The summed E-state index contributed by atoms with van der Waals surface area (Å²) in [5.41, 5.74) is 1.61. The van der Waals surface area contributed by atoms with E-state index in [0.717, 1.165) is 57.8 Å². The van der Waals surface area contributed by atoms with Crippen molar-refractivity contribution in [2.45, 2.75) is 31.3 Å². The Kier molecular flexibility index (Phi) is 5.82. The van der Waals surface area contributed by atoms with E-state index in [2.05, 4.69) is 14.7 Å². The number of fused-ring (bicyclic) bond motifs is 1. The zero-order valence-corrected chi connectivity index (χ0v) is 19.6. The van der Waals surface area contributed by atoms with Crippen molar-refractivity contribution in [1.82, 2.24) is 9.80 Å². The van der Waals surface area contributed by atoms with E-state index in [0.29, 0.717) is 23.2 Å². The van der Waals surface area contributed by atoms with Gasteiger partial charge in [0.25, 0.3) is 5.91 Å². The molecule has 1 unspecified atom stereocenters. The standard InChI is InChI=1S/C26H29FN4O4/c27-18-1-3-19(4-2-18)28-11-13-29(14-12-28)20-7-9-30(10-8-20)22-16-25(32)31(26(22)33)21-5-6-23-24(15-21)35-17-34-23/h1-6,15,20,22H,7-14,16-17H2. The van der Waals surface area contributed by atoms with Crippen molar-refractivity contribution in [2.24, 2.45) is 0 Å². The molecule has 4 aliphatic rings. The number of amides is 2. The zero-order chi connectivity index (χ0) is 23.9. The van der Waals surface area contributed by atoms with Gasteiger partial charge >= 0.3 is 0 Å². The van der Waals surface area contributed by atoms with Crippen molar-refractivity contribution in [3.63, 3.8) is 0 Å². The van der Waals surface area contributed by atoms with Gasteiger partial charge in [-0.2, -0.15) is 0 Å². The number of hydrogen-bond acceptors (Lipinski definition) is 7. The molecule has 3 fully saturated rings. The second-order valence-electron chi connectivity index (χ2n) is 9.59. The summed E-state index contributed by atoms with van der Waals surface area (Å²) in [6.07, 6.45) is 2.19. The number of piperazine rings is 1. The first-order chi connectivity index (χ1) is 17.1. The summed E-state index contributed by atoms with van der Waals surface area (Å²) in [4.78, 5) is 34.4. The summed E-state index contributed by atoms with van der Waals surface area (Å²) in [5, 5.41) is 0. The van der Waals surface area contributed by atoms with Crippen molar-refractivity contribution in [3.05, 3.63) is 48.3 Å². The molecule has 4 aliphatic heterocycles. The highest BCUT2D eigenvalue weighted by Gasteiger charge is 2.44. The Labute approximate surface area is 203 Å². The van der Waals surface area contributed by atoms with Crippen molar-refractivity contribution >= 4 is 23.2 Å². The molecular formula is C26H29FN4O4. The van der Waals surface area contributed by atoms with E-state index in [1.807, 2.05) is 12.1 Å². The summed E-state index contributed by atoms with van der Waals surface area (Å²) in [6, 6.07) is 12.0. The first-order valence-electron chi connectivity index (χ1n) is 12.3. The molecule has 3 saturated heterocycles. The molecule has 0 N–H and O–H groups in total. The summed E-state index contributed by atoms with van der Waals surface area (Å²) in [7, 11) is 0. The second-order valence-corrected chi connectivity index (χ2v) is 9.59. The predicted octanol–water partition coefficient (Wildman–Crippen LogP) is 2.47. The number of piperidine rings is 1. The van der Waals surface area contributed by atoms with Crippen LogP contribution in [0.4, 0.5) is 15.8 Å². The molecule has 0 bridgehead atoms. The minimum Gasteiger partial charge on any atom is -0.454 e. The van der Waals surface area contributed by atoms with Crippen LogP contribution in [0.1, 0.15) is 19.3 Å². The van der Waals surface area contributed by atoms with Gasteiger partial charge in [0, 0.05) is 57.1 Å². The SMILES string of the molecule is O=C1CC(N2CCC(N3CCN(c4ccc(F)cc4)CC3)CC2)C(=O)N1c1ccc2c(c1)OCO2. The Morgan fingerprint density at radius 1 is 0.771 bits per heavy atom. The molecule has 0 aromatic heterocycles. The van der Waals surface area contributed by atoms with Gasteiger partial charge in [-0.1, -0.05) is 0 Å². The normalized spacial score (nSPS) is 24.0. The van der Waals surface area contributed by atoms with Gasteiger partial charge in [0.2, 0.25) is 12.7 Å². The van der Waals surface area contributed by atoms with Crippen LogP contribution in [0.5, 0.6) is 11.5 Å². The minimum absolute atomic E-state index is 0.152. The Morgan fingerprint density at radius 2 is 1.46 bits per heavy atom. The van der Waals surface area contributed by atoms with Crippen LogP contribution in [0.2, 0.25) is 0 Å². The quantitative estimate of drug-likeness (QED) is 0.623. The Balaban J connectivity index is 1.03. The summed E-state index contributed by atoms with van der Waals surface area (Å²) in [6.45, 7) is 5.56. The Morgan fingerprint density at radius 3 is 2.20 bits per heavy atom. The molecule has 184 valence electrons. The molecule has 4 heterocycles. The lowest BCUT2D eigenvalue weighted by Gasteiger charge is -2.44. The fourth-order valence-electron chi connectivity index (χ4n) is 5.76. The molecule has 0 radical (unpaired) electrons. The first kappa shape index (κ1) is 22.3. The van der Waals surface area contributed by atoms with Crippen LogP contribution in [-0.2, 0) is 9.59 Å². The number of imide groups is 1. The smallest absolute Gasteiger partial charge is 0.251 e. The molecule has 0 spiro atoms. The maximum atomic E-state index is 13.2. The van der Waals surface area contributed by atoms with E-state index in [-0.39, 0.29) is 30.8 Å². The van der Waals surface area contributed by atoms with Crippen molar-refractivity contribution < 1.29 is 23.5 Å². The third kappa shape index (κ3) is 4.23. The molecule has 2 aromatic carbocycles. The summed E-state index contributed by atoms with van der Waals surface area (Å²) >= 11 is 0. The van der Waals surface area contributed by atoms with Crippen LogP contribution in [0.25, 0.3) is 0 Å². The topological polar surface area (TPSA) is 65.6 Å². The van der Waals surface area contributed by atoms with Crippen LogP contribution >= 0.6 is 0 Å². The van der Waals surface area contributed by atoms with Gasteiger partial charge in [-0.3, -0.25) is 19.4 Å². The number of ether oxygens (including phenoxy) is 2. The van der Waals surface area contributed by atoms with Crippen LogP contribution in [0.15, 0.2) is 42.5 Å². The Hall–Kier alpha value is -3.17. The molecule has 2 amide bonds. The maximum Gasteiger partial charge on any atom is 0.251 e. The number of anilines is 2. The monoisotopic (exact) mass is 480 g/mol. The van der Waals surface area contributed by atoms with E-state index in [1.165, 1.54) is 17.0 Å². The number of benzene rings is 2. The number of likely N-dealkylation sites (tertiary alicyclic amines) is 1. The number of nitrogens with zero attached hydrogens (tertiary/aromatic N) is 4. The molecule has 35 heavy (non-hydrogen) atoms. The van der Waals surface area contributed by atoms with Crippen molar-refractivity contribution in [1.29, 1.82) is 0 Å². The van der Waals surface area contributed by atoms with Gasteiger partial charge < -0.3 is 14.4 Å². The second kappa shape index (κ2) is 9.13. The number of rotatable bonds is 4. The molecule has 0 saturated carbocycles. The predicted molar refractivity (Wildman–Crippen MR) is 128 cm³/mol. The first-order valence-corrected chi connectivity index (χ1v) is 12.3. The van der Waals surface area contributed by atoms with Gasteiger partial charge in [0.1, 0.15) is 5.82 Å². The lowest BCUT2D eigenvalue weighted by molar-refractivity contribution is -0.123. The van der Waals surface area contributed by atoms with E-state index in [4.69, 9.17) is 9.47 Å². The van der Waals surface area contributed by atoms with Gasteiger partial charge in [0.05, 0.1) is 18.2 Å². The molecule has 1 atom stereocenters. The highest BCUT2D eigenvalue weighted by molar-refractivity contribution is 6.22. The highest BCUT2D eigenvalue weighted by Crippen LogP contribution is 2.37. The largest absolute Gasteiger partial charge is 0.454 e. The molecule has 9 heteroatoms. The number of carbonyl (C=O) groups is 2. The van der Waals surface area contributed by atoms with Gasteiger partial charge in [-0.25, -0.2) is 9.29 Å². The average molecular weight is 481 g/mol. The number of carbonyl (C=O) groups excluding carboxylic acids is 2. The van der Waals surface area contributed by atoms with Crippen LogP contribution in [0, 0.1) is 5.82 Å². The molecule has 8 nitrogen and oxygen atoms in total. The number of halogens is 1. The van der Waals surface area contributed by atoms with Crippen molar-refractivity contribution in [3.8, 4) is 11.5 Å². The van der Waals surface area contributed by atoms with Gasteiger partial charge in [-0.15, -0.1) is 0 Å². The van der Waals surface area contributed by atoms with Gasteiger partial charge in [0.15, 0.2) is 11.5 Å². The highest BCUT2D eigenvalue weighted by atomic mass is 19.1. The van der Waals surface area contributed by atoms with E-state index >= 15 is 0 Å². The number of hydrogen-bond donors (Lipinski definition) is 0. The van der Waals surface area contributed by atoms with E-state index in [1.54, 1.807) is 18.2 Å². The lowest BCUT2D eigenvalue weighted by Crippen LogP contribution is -2.55. The Bertz CT molecular complexity index is 1110.